The van der Waals surface area contributed by atoms with E-state index >= 15 is 0 Å². The zero-order valence-electron chi connectivity index (χ0n) is 11.4. The maximum Gasteiger partial charge on any atom is 0.311 e. The Morgan fingerprint density at radius 3 is 2.84 bits per heavy atom. The van der Waals surface area contributed by atoms with Crippen molar-refractivity contribution < 1.29 is 9.66 Å². The van der Waals surface area contributed by atoms with Gasteiger partial charge in [0.25, 0.3) is 0 Å². The van der Waals surface area contributed by atoms with Crippen LogP contribution in [0.4, 0.5) is 5.69 Å². The molecule has 0 aliphatic carbocycles. The van der Waals surface area contributed by atoms with Crippen molar-refractivity contribution in [3.63, 3.8) is 0 Å². The summed E-state index contributed by atoms with van der Waals surface area (Å²) < 4.78 is 5.72. The second-order valence-corrected chi connectivity index (χ2v) is 5.15. The van der Waals surface area contributed by atoms with Crippen molar-refractivity contribution in [3.8, 4) is 5.75 Å². The number of nitro groups is 1. The molecule has 1 saturated heterocycles. The Morgan fingerprint density at radius 1 is 1.42 bits per heavy atom. The van der Waals surface area contributed by atoms with Crippen molar-refractivity contribution >= 4 is 5.69 Å². The van der Waals surface area contributed by atoms with Crippen LogP contribution in [0.25, 0.3) is 0 Å². The molecule has 1 aliphatic rings. The van der Waals surface area contributed by atoms with Crippen LogP contribution in [-0.2, 0) is 0 Å². The molecule has 19 heavy (non-hydrogen) atoms. The van der Waals surface area contributed by atoms with Crippen LogP contribution in [0, 0.1) is 24.0 Å². The third-order valence-electron chi connectivity index (χ3n) is 3.44. The van der Waals surface area contributed by atoms with Crippen molar-refractivity contribution in [1.29, 1.82) is 0 Å². The van der Waals surface area contributed by atoms with Gasteiger partial charge in [0.05, 0.1) is 4.92 Å². The fourth-order valence-electron chi connectivity index (χ4n) is 2.51. The lowest BCUT2D eigenvalue weighted by atomic mass is 10.1. The Morgan fingerprint density at radius 2 is 2.21 bits per heavy atom. The monoisotopic (exact) mass is 264 g/mol. The van der Waals surface area contributed by atoms with Gasteiger partial charge in [0.2, 0.25) is 0 Å². The Labute approximate surface area is 113 Å². The maximum absolute atomic E-state index is 11.1. The van der Waals surface area contributed by atoms with E-state index in [1.807, 2.05) is 19.9 Å². The summed E-state index contributed by atoms with van der Waals surface area (Å²) in [7, 11) is 0. The molecule has 0 amide bonds. The van der Waals surface area contributed by atoms with Crippen LogP contribution in [0.5, 0.6) is 5.75 Å². The minimum atomic E-state index is -0.371. The van der Waals surface area contributed by atoms with Crippen LogP contribution in [0.3, 0.4) is 0 Å². The Bertz CT molecular complexity index is 468. The predicted molar refractivity (Wildman–Crippen MR) is 73.7 cm³/mol. The van der Waals surface area contributed by atoms with Gasteiger partial charge >= 0.3 is 5.69 Å². The van der Waals surface area contributed by atoms with Gasteiger partial charge in [0.1, 0.15) is 6.61 Å². The Kier molecular flexibility index (Phi) is 4.37. The lowest BCUT2D eigenvalue weighted by molar-refractivity contribution is -0.386. The molecule has 0 radical (unpaired) electrons. The molecule has 1 heterocycles. The summed E-state index contributed by atoms with van der Waals surface area (Å²) in [6, 6.07) is 3.78. The molecule has 1 aromatic rings. The van der Waals surface area contributed by atoms with Gasteiger partial charge in [-0.2, -0.15) is 0 Å². The number of piperidine rings is 1. The highest BCUT2D eigenvalue weighted by atomic mass is 16.6. The SMILES string of the molecule is Cc1cc(C)c(OCC2CCCCN2)c([N+](=O)[O-])c1. The van der Waals surface area contributed by atoms with Gasteiger partial charge < -0.3 is 10.1 Å². The zero-order chi connectivity index (χ0) is 13.8. The molecule has 1 N–H and O–H groups in total. The lowest BCUT2D eigenvalue weighted by Crippen LogP contribution is -2.38. The van der Waals surface area contributed by atoms with Gasteiger partial charge in [0, 0.05) is 12.1 Å². The third kappa shape index (κ3) is 3.44. The number of nitro benzene ring substituents is 1. The highest BCUT2D eigenvalue weighted by Crippen LogP contribution is 2.32. The van der Waals surface area contributed by atoms with Crippen molar-refractivity contribution in [2.45, 2.75) is 39.2 Å². The van der Waals surface area contributed by atoms with Crippen LogP contribution in [0.15, 0.2) is 12.1 Å². The molecule has 1 fully saturated rings. The quantitative estimate of drug-likeness (QED) is 0.671. The molecule has 1 atom stereocenters. The number of nitrogens with zero attached hydrogens (tertiary/aromatic N) is 1. The summed E-state index contributed by atoms with van der Waals surface area (Å²) in [5.74, 6) is 0.406. The van der Waals surface area contributed by atoms with E-state index in [1.54, 1.807) is 6.07 Å². The first-order chi connectivity index (χ1) is 9.08. The second kappa shape index (κ2) is 6.02. The molecular weight excluding hydrogens is 244 g/mol. The molecule has 2 rings (SSSR count). The summed E-state index contributed by atoms with van der Waals surface area (Å²) >= 11 is 0. The van der Waals surface area contributed by atoms with Gasteiger partial charge in [0.15, 0.2) is 5.75 Å². The van der Waals surface area contributed by atoms with E-state index < -0.39 is 0 Å². The van der Waals surface area contributed by atoms with Crippen molar-refractivity contribution in [1.82, 2.24) is 5.32 Å². The average molecular weight is 264 g/mol. The van der Waals surface area contributed by atoms with Crippen LogP contribution in [-0.4, -0.2) is 24.1 Å². The Balaban J connectivity index is 2.12. The molecule has 104 valence electrons. The number of benzene rings is 1. The van der Waals surface area contributed by atoms with E-state index in [1.165, 1.54) is 12.8 Å². The minimum Gasteiger partial charge on any atom is -0.485 e. The standard InChI is InChI=1S/C14H20N2O3/c1-10-7-11(2)14(13(8-10)16(17)18)19-9-12-5-3-4-6-15-12/h7-8,12,15H,3-6,9H2,1-2H3. The van der Waals surface area contributed by atoms with Crippen LogP contribution >= 0.6 is 0 Å². The number of aryl methyl sites for hydroxylation is 2. The van der Waals surface area contributed by atoms with Crippen molar-refractivity contribution in [3.05, 3.63) is 33.4 Å². The molecule has 1 aliphatic heterocycles. The molecule has 1 aromatic carbocycles. The first-order valence-corrected chi connectivity index (χ1v) is 6.69. The van der Waals surface area contributed by atoms with Gasteiger partial charge in [-0.25, -0.2) is 0 Å². The third-order valence-corrected chi connectivity index (χ3v) is 3.44. The van der Waals surface area contributed by atoms with Gasteiger partial charge in [-0.05, 0) is 44.4 Å². The number of nitrogens with one attached hydrogen (secondary N) is 1. The zero-order valence-corrected chi connectivity index (χ0v) is 11.4. The highest BCUT2D eigenvalue weighted by molar-refractivity contribution is 5.53. The summed E-state index contributed by atoms with van der Waals surface area (Å²) in [6.45, 7) is 5.20. The second-order valence-electron chi connectivity index (χ2n) is 5.15. The summed E-state index contributed by atoms with van der Waals surface area (Å²) in [4.78, 5) is 10.7. The number of hydrogen-bond acceptors (Lipinski definition) is 4. The smallest absolute Gasteiger partial charge is 0.311 e. The first-order valence-electron chi connectivity index (χ1n) is 6.69. The fourth-order valence-corrected chi connectivity index (χ4v) is 2.51. The largest absolute Gasteiger partial charge is 0.485 e. The van der Waals surface area contributed by atoms with E-state index in [-0.39, 0.29) is 10.6 Å². The molecule has 5 heteroatoms. The molecular formula is C14H20N2O3. The highest BCUT2D eigenvalue weighted by Gasteiger charge is 2.20. The maximum atomic E-state index is 11.1. The number of rotatable bonds is 4. The topological polar surface area (TPSA) is 64.4 Å². The van der Waals surface area contributed by atoms with Crippen molar-refractivity contribution in [2.24, 2.45) is 0 Å². The molecule has 5 nitrogen and oxygen atoms in total. The molecule has 0 bridgehead atoms. The average Bonchev–Trinajstić information content (AvgIpc) is 2.38. The summed E-state index contributed by atoms with van der Waals surface area (Å²) in [6.07, 6.45) is 3.45. The first kappa shape index (κ1) is 13.8. The lowest BCUT2D eigenvalue weighted by Gasteiger charge is -2.23. The van der Waals surface area contributed by atoms with Gasteiger partial charge in [-0.3, -0.25) is 10.1 Å². The van der Waals surface area contributed by atoms with E-state index in [0.717, 1.165) is 24.1 Å². The van der Waals surface area contributed by atoms with E-state index in [2.05, 4.69) is 5.32 Å². The van der Waals surface area contributed by atoms with Crippen LogP contribution < -0.4 is 10.1 Å². The normalized spacial score (nSPS) is 19.2. The predicted octanol–water partition coefficient (Wildman–Crippen LogP) is 2.73. The van der Waals surface area contributed by atoms with Crippen molar-refractivity contribution in [2.75, 3.05) is 13.2 Å². The van der Waals surface area contributed by atoms with Crippen LogP contribution in [0.1, 0.15) is 30.4 Å². The summed E-state index contributed by atoms with van der Waals surface area (Å²) in [5.41, 5.74) is 1.77. The molecule has 0 spiro atoms. The van der Waals surface area contributed by atoms with Gasteiger partial charge in [-0.15, -0.1) is 0 Å². The molecule has 0 saturated carbocycles. The number of ether oxygens (including phenoxy) is 1. The van der Waals surface area contributed by atoms with E-state index in [4.69, 9.17) is 4.74 Å². The summed E-state index contributed by atoms with van der Waals surface area (Å²) in [5, 5.41) is 14.5. The molecule has 0 aromatic heterocycles. The van der Waals surface area contributed by atoms with E-state index in [9.17, 15) is 10.1 Å². The van der Waals surface area contributed by atoms with E-state index in [0.29, 0.717) is 18.4 Å². The van der Waals surface area contributed by atoms with Gasteiger partial charge in [-0.1, -0.05) is 12.5 Å². The molecule has 1 unspecified atom stereocenters. The number of hydrogen-bond donors (Lipinski definition) is 1. The minimum absolute atomic E-state index is 0.0632. The Hall–Kier alpha value is -1.62. The van der Waals surface area contributed by atoms with Crippen LogP contribution in [0.2, 0.25) is 0 Å². The fraction of sp³-hybridized carbons (Fsp3) is 0.571.